The van der Waals surface area contributed by atoms with Crippen LogP contribution in [-0.2, 0) is 0 Å². The molecule has 2 aliphatic rings. The summed E-state index contributed by atoms with van der Waals surface area (Å²) < 4.78 is 5.71. The van der Waals surface area contributed by atoms with Crippen molar-refractivity contribution in [2.45, 2.75) is 18.9 Å². The van der Waals surface area contributed by atoms with Crippen LogP contribution in [0.15, 0.2) is 46.3 Å². The minimum absolute atomic E-state index is 0. The molecule has 0 radical (unpaired) electrons. The second-order valence-electron chi connectivity index (χ2n) is 8.03. The van der Waals surface area contributed by atoms with Crippen molar-refractivity contribution in [3.05, 3.63) is 42.6 Å². The molecule has 9 nitrogen and oxygen atoms in total. The Balaban J connectivity index is 0.00000289. The third-order valence-corrected chi connectivity index (χ3v) is 6.07. The molecule has 0 bridgehead atoms. The van der Waals surface area contributed by atoms with Gasteiger partial charge in [0.2, 0.25) is 5.95 Å². The monoisotopic (exact) mass is 554 g/mol. The molecule has 176 valence electrons. The Morgan fingerprint density at radius 1 is 1.06 bits per heavy atom. The first-order chi connectivity index (χ1) is 15.3. The van der Waals surface area contributed by atoms with E-state index in [4.69, 9.17) is 4.42 Å². The molecule has 1 atom stereocenters. The standard InChI is InChI=1S/C22H34N8O.HI/c1-23-21(27-18-19(20-6-4-17-31-20)29-10-2-3-11-29)24-9-12-28-13-15-30(16-14-28)22-25-7-5-8-26-22;/h4-8,17,19H,2-3,9-16,18H2,1H3,(H2,23,24,27);1H. The summed E-state index contributed by atoms with van der Waals surface area (Å²) in [4.78, 5) is 20.3. The number of rotatable bonds is 8. The zero-order valence-electron chi connectivity index (χ0n) is 18.8. The molecule has 32 heavy (non-hydrogen) atoms. The predicted octanol–water partition coefficient (Wildman–Crippen LogP) is 1.81. The van der Waals surface area contributed by atoms with Gasteiger partial charge in [0.1, 0.15) is 5.76 Å². The maximum Gasteiger partial charge on any atom is 0.225 e. The first kappa shape index (κ1) is 24.7. The number of likely N-dealkylation sites (tertiary alicyclic amines) is 1. The summed E-state index contributed by atoms with van der Waals surface area (Å²) in [5.74, 6) is 2.69. The molecule has 0 amide bonds. The van der Waals surface area contributed by atoms with E-state index in [1.807, 2.05) is 19.2 Å². The second kappa shape index (κ2) is 12.9. The van der Waals surface area contributed by atoms with Crippen molar-refractivity contribution in [3.8, 4) is 0 Å². The maximum atomic E-state index is 5.71. The highest BCUT2D eigenvalue weighted by molar-refractivity contribution is 14.0. The normalized spacial score (nSPS) is 18.9. The molecule has 4 heterocycles. The van der Waals surface area contributed by atoms with Crippen molar-refractivity contribution in [3.63, 3.8) is 0 Å². The van der Waals surface area contributed by atoms with Crippen LogP contribution in [0.5, 0.6) is 0 Å². The summed E-state index contributed by atoms with van der Waals surface area (Å²) in [5.41, 5.74) is 0. The number of piperazine rings is 1. The van der Waals surface area contributed by atoms with E-state index in [-0.39, 0.29) is 30.0 Å². The molecule has 0 spiro atoms. The lowest BCUT2D eigenvalue weighted by atomic mass is 10.2. The quantitative estimate of drug-likeness (QED) is 0.291. The fourth-order valence-corrected chi connectivity index (χ4v) is 4.32. The van der Waals surface area contributed by atoms with Crippen LogP contribution in [0.2, 0.25) is 0 Å². The summed E-state index contributed by atoms with van der Waals surface area (Å²) >= 11 is 0. The summed E-state index contributed by atoms with van der Waals surface area (Å²) in [7, 11) is 1.83. The Morgan fingerprint density at radius 2 is 1.81 bits per heavy atom. The van der Waals surface area contributed by atoms with Gasteiger partial charge in [-0.15, -0.1) is 24.0 Å². The molecule has 2 saturated heterocycles. The Morgan fingerprint density at radius 3 is 2.47 bits per heavy atom. The maximum absolute atomic E-state index is 5.71. The highest BCUT2D eigenvalue weighted by Gasteiger charge is 2.25. The zero-order chi connectivity index (χ0) is 21.3. The van der Waals surface area contributed by atoms with Crippen LogP contribution in [0.3, 0.4) is 0 Å². The molecule has 0 saturated carbocycles. The van der Waals surface area contributed by atoms with Crippen LogP contribution in [0.1, 0.15) is 24.6 Å². The van der Waals surface area contributed by atoms with Gasteiger partial charge in [0.05, 0.1) is 12.3 Å². The number of hydrogen-bond donors (Lipinski definition) is 2. The predicted molar refractivity (Wildman–Crippen MR) is 138 cm³/mol. The lowest BCUT2D eigenvalue weighted by molar-refractivity contribution is 0.215. The number of hydrogen-bond acceptors (Lipinski definition) is 7. The van der Waals surface area contributed by atoms with Gasteiger partial charge in [-0.1, -0.05) is 0 Å². The van der Waals surface area contributed by atoms with Crippen LogP contribution < -0.4 is 15.5 Å². The molecule has 2 aromatic rings. The average Bonchev–Trinajstić information content (AvgIpc) is 3.54. The van der Waals surface area contributed by atoms with Gasteiger partial charge < -0.3 is 20.0 Å². The third-order valence-electron chi connectivity index (χ3n) is 6.07. The fraction of sp³-hybridized carbons (Fsp3) is 0.591. The number of anilines is 1. The lowest BCUT2D eigenvalue weighted by Crippen LogP contribution is -2.50. The Hall–Kier alpha value is -1.92. The topological polar surface area (TPSA) is 85.1 Å². The van der Waals surface area contributed by atoms with E-state index >= 15 is 0 Å². The summed E-state index contributed by atoms with van der Waals surface area (Å²) in [5, 5.41) is 6.96. The van der Waals surface area contributed by atoms with E-state index in [1.165, 1.54) is 12.8 Å². The molecule has 1 unspecified atom stereocenters. The first-order valence-electron chi connectivity index (χ1n) is 11.3. The molecule has 2 N–H and O–H groups in total. The number of nitrogens with zero attached hydrogens (tertiary/aromatic N) is 6. The largest absolute Gasteiger partial charge is 0.468 e. The molecule has 2 aromatic heterocycles. The Kier molecular flexibility index (Phi) is 10.0. The Bertz CT molecular complexity index is 790. The fourth-order valence-electron chi connectivity index (χ4n) is 4.32. The zero-order valence-corrected chi connectivity index (χ0v) is 21.1. The van der Waals surface area contributed by atoms with Crippen molar-refractivity contribution in [1.82, 2.24) is 30.4 Å². The van der Waals surface area contributed by atoms with Crippen LogP contribution in [0, 0.1) is 0 Å². The van der Waals surface area contributed by atoms with E-state index in [0.717, 1.165) is 76.6 Å². The number of nitrogens with one attached hydrogen (secondary N) is 2. The van der Waals surface area contributed by atoms with Gasteiger partial charge in [-0.2, -0.15) is 0 Å². The molecule has 2 fully saturated rings. The first-order valence-corrected chi connectivity index (χ1v) is 11.3. The summed E-state index contributed by atoms with van der Waals surface area (Å²) in [6, 6.07) is 6.13. The highest BCUT2D eigenvalue weighted by Crippen LogP contribution is 2.24. The third kappa shape index (κ3) is 6.79. The minimum atomic E-state index is 0. The van der Waals surface area contributed by atoms with Gasteiger partial charge in [-0.3, -0.25) is 14.8 Å². The van der Waals surface area contributed by atoms with Gasteiger partial charge in [0.25, 0.3) is 0 Å². The number of halogens is 1. The van der Waals surface area contributed by atoms with Crippen molar-refractivity contribution in [2.24, 2.45) is 4.99 Å². The molecular formula is C22H35IN8O. The van der Waals surface area contributed by atoms with Gasteiger partial charge in [-0.25, -0.2) is 9.97 Å². The smallest absolute Gasteiger partial charge is 0.225 e. The van der Waals surface area contributed by atoms with Crippen LogP contribution in [-0.4, -0.2) is 91.7 Å². The molecule has 10 heteroatoms. The number of aliphatic imine (C=N–C) groups is 1. The van der Waals surface area contributed by atoms with E-state index in [9.17, 15) is 0 Å². The van der Waals surface area contributed by atoms with E-state index < -0.39 is 0 Å². The number of guanidine groups is 1. The minimum Gasteiger partial charge on any atom is -0.468 e. The molecular weight excluding hydrogens is 519 g/mol. The van der Waals surface area contributed by atoms with Crippen LogP contribution >= 0.6 is 24.0 Å². The number of furan rings is 1. The average molecular weight is 554 g/mol. The summed E-state index contributed by atoms with van der Waals surface area (Å²) in [6.07, 6.45) is 7.88. The second-order valence-corrected chi connectivity index (χ2v) is 8.03. The van der Waals surface area contributed by atoms with Gasteiger partial charge in [0.15, 0.2) is 5.96 Å². The number of aromatic nitrogens is 2. The van der Waals surface area contributed by atoms with Crippen LogP contribution in [0.25, 0.3) is 0 Å². The van der Waals surface area contributed by atoms with E-state index in [1.54, 1.807) is 18.7 Å². The van der Waals surface area contributed by atoms with Crippen LogP contribution in [0.4, 0.5) is 5.95 Å². The lowest BCUT2D eigenvalue weighted by Gasteiger charge is -2.34. The van der Waals surface area contributed by atoms with Gasteiger partial charge in [-0.05, 0) is 44.1 Å². The van der Waals surface area contributed by atoms with Crippen molar-refractivity contribution in [1.29, 1.82) is 0 Å². The van der Waals surface area contributed by atoms with Gasteiger partial charge in [0, 0.05) is 65.3 Å². The molecule has 2 aliphatic heterocycles. The molecule has 4 rings (SSSR count). The highest BCUT2D eigenvalue weighted by atomic mass is 127. The van der Waals surface area contributed by atoms with E-state index in [2.05, 4.69) is 46.4 Å². The molecule has 0 aliphatic carbocycles. The summed E-state index contributed by atoms with van der Waals surface area (Å²) in [6.45, 7) is 8.81. The SMILES string of the molecule is CN=C(NCCN1CCN(c2ncccn2)CC1)NCC(c1ccco1)N1CCCC1.I. The van der Waals surface area contributed by atoms with Crippen molar-refractivity contribution in [2.75, 3.05) is 70.9 Å². The van der Waals surface area contributed by atoms with Crippen molar-refractivity contribution >= 4 is 35.9 Å². The van der Waals surface area contributed by atoms with Gasteiger partial charge >= 0.3 is 0 Å². The van der Waals surface area contributed by atoms with E-state index in [0.29, 0.717) is 0 Å². The van der Waals surface area contributed by atoms with Crippen molar-refractivity contribution < 1.29 is 4.42 Å². The Labute approximate surface area is 207 Å². The molecule has 0 aromatic carbocycles.